The molecule has 0 aliphatic carbocycles. The summed E-state index contributed by atoms with van der Waals surface area (Å²) in [4.78, 5) is 3.74. The Morgan fingerprint density at radius 2 is 2.00 bits per heavy atom. The molecule has 144 valence electrons. The average Bonchev–Trinajstić information content (AvgIpc) is 3.04. The monoisotopic (exact) mass is 415 g/mol. The average molecular weight is 416 g/mol. The van der Waals surface area contributed by atoms with E-state index in [-0.39, 0.29) is 17.1 Å². The number of benzene rings is 1. The number of nitrogens with zero attached hydrogens (tertiary/aromatic N) is 3. The van der Waals surface area contributed by atoms with Crippen molar-refractivity contribution in [2.24, 2.45) is 5.92 Å². The van der Waals surface area contributed by atoms with Gasteiger partial charge in [-0.1, -0.05) is 36.2 Å². The molecule has 11 heteroatoms. The van der Waals surface area contributed by atoms with E-state index in [1.165, 1.54) is 42.5 Å². The van der Waals surface area contributed by atoms with Gasteiger partial charge < -0.3 is 9.84 Å². The van der Waals surface area contributed by atoms with Gasteiger partial charge in [0.15, 0.2) is 0 Å². The fourth-order valence-electron chi connectivity index (χ4n) is 2.35. The zero-order valence-electron chi connectivity index (χ0n) is 13.4. The molecule has 2 aromatic rings. The molecular formula is C15H15Cl2F4N3O2. The fraction of sp³-hybridized carbons (Fsp3) is 0.467. The van der Waals surface area contributed by atoms with Gasteiger partial charge >= 0.3 is 12.5 Å². The zero-order valence-corrected chi connectivity index (χ0v) is 14.9. The summed E-state index contributed by atoms with van der Waals surface area (Å²) in [6.07, 6.45) is -6.10. The quantitative estimate of drug-likeness (QED) is 0.662. The maximum absolute atomic E-state index is 13.1. The molecule has 1 heterocycles. The lowest BCUT2D eigenvalue weighted by Gasteiger charge is -2.35. The van der Waals surface area contributed by atoms with E-state index in [1.807, 2.05) is 0 Å². The second-order valence-corrected chi connectivity index (χ2v) is 6.56. The lowest BCUT2D eigenvalue weighted by molar-refractivity contribution is -0.308. The highest BCUT2D eigenvalue weighted by Gasteiger charge is 2.45. The smallest absolute Gasteiger partial charge is 0.383 e. The van der Waals surface area contributed by atoms with Crippen LogP contribution in [0, 0.1) is 5.92 Å². The number of hydrogen-bond acceptors (Lipinski definition) is 4. The number of aliphatic hydroxyl groups is 1. The predicted octanol–water partition coefficient (Wildman–Crippen LogP) is 3.98. The Labute approximate surface area is 156 Å². The molecule has 0 aliphatic rings. The lowest BCUT2D eigenvalue weighted by Crippen LogP contribution is -2.43. The maximum atomic E-state index is 13.1. The van der Waals surface area contributed by atoms with Crippen LogP contribution in [0.2, 0.25) is 10.0 Å². The number of aromatic nitrogens is 3. The number of halogens is 6. The molecule has 0 saturated heterocycles. The molecule has 2 atom stereocenters. The first-order valence-electron chi connectivity index (χ1n) is 7.36. The first-order valence-corrected chi connectivity index (χ1v) is 8.12. The highest BCUT2D eigenvalue weighted by molar-refractivity contribution is 6.35. The van der Waals surface area contributed by atoms with E-state index in [4.69, 9.17) is 23.2 Å². The van der Waals surface area contributed by atoms with Crippen LogP contribution in [0.4, 0.5) is 17.6 Å². The van der Waals surface area contributed by atoms with E-state index in [9.17, 15) is 22.7 Å². The summed E-state index contributed by atoms with van der Waals surface area (Å²) < 4.78 is 56.1. The van der Waals surface area contributed by atoms with Crippen LogP contribution in [0.1, 0.15) is 12.5 Å². The van der Waals surface area contributed by atoms with Gasteiger partial charge in [0.2, 0.25) is 0 Å². The summed E-state index contributed by atoms with van der Waals surface area (Å²) in [5.41, 5.74) is -1.70. The third kappa shape index (κ3) is 4.64. The second kappa shape index (κ2) is 8.08. The maximum Gasteiger partial charge on any atom is 0.416 e. The second-order valence-electron chi connectivity index (χ2n) is 5.72. The van der Waals surface area contributed by atoms with Crippen molar-refractivity contribution in [1.82, 2.24) is 14.8 Å². The third-order valence-corrected chi connectivity index (χ3v) is 4.41. The Morgan fingerprint density at radius 1 is 1.31 bits per heavy atom. The Kier molecular flexibility index (Phi) is 6.49. The van der Waals surface area contributed by atoms with Crippen molar-refractivity contribution in [3.05, 3.63) is 46.5 Å². The summed E-state index contributed by atoms with van der Waals surface area (Å²) in [7, 11) is 0. The lowest BCUT2D eigenvalue weighted by atomic mass is 9.82. The topological polar surface area (TPSA) is 60.2 Å². The highest BCUT2D eigenvalue weighted by Crippen LogP contribution is 2.38. The fourth-order valence-corrected chi connectivity index (χ4v) is 2.92. The molecule has 0 amide bonds. The van der Waals surface area contributed by atoms with Gasteiger partial charge in [0.1, 0.15) is 18.3 Å². The first-order chi connectivity index (χ1) is 12.1. The minimum absolute atomic E-state index is 0.0765. The summed E-state index contributed by atoms with van der Waals surface area (Å²) in [6.45, 7) is 0.282. The van der Waals surface area contributed by atoms with Gasteiger partial charge in [-0.3, -0.25) is 0 Å². The van der Waals surface area contributed by atoms with Crippen LogP contribution in [0.5, 0.6) is 0 Å². The van der Waals surface area contributed by atoms with Crippen LogP contribution in [-0.4, -0.2) is 39.0 Å². The van der Waals surface area contributed by atoms with Crippen molar-refractivity contribution in [3.8, 4) is 0 Å². The van der Waals surface area contributed by atoms with Gasteiger partial charge in [0, 0.05) is 21.5 Å². The van der Waals surface area contributed by atoms with Crippen molar-refractivity contribution in [1.29, 1.82) is 0 Å². The molecule has 1 aromatic heterocycles. The van der Waals surface area contributed by atoms with Crippen molar-refractivity contribution in [2.45, 2.75) is 31.6 Å². The van der Waals surface area contributed by atoms with Gasteiger partial charge in [0.25, 0.3) is 0 Å². The third-order valence-electron chi connectivity index (χ3n) is 3.86. The predicted molar refractivity (Wildman–Crippen MR) is 86.4 cm³/mol. The Hall–Kier alpha value is -1.42. The summed E-state index contributed by atoms with van der Waals surface area (Å²) in [5.74, 6) is -1.06. The molecule has 0 aliphatic heterocycles. The van der Waals surface area contributed by atoms with Gasteiger partial charge in [0.05, 0.1) is 13.2 Å². The minimum atomic E-state index is -4.63. The molecule has 1 aromatic carbocycles. The molecule has 0 bridgehead atoms. The van der Waals surface area contributed by atoms with Crippen LogP contribution < -0.4 is 0 Å². The summed E-state index contributed by atoms with van der Waals surface area (Å²) in [5, 5.41) is 15.4. The van der Waals surface area contributed by atoms with Gasteiger partial charge in [-0.2, -0.15) is 13.9 Å². The van der Waals surface area contributed by atoms with E-state index < -0.39 is 30.7 Å². The Bertz CT molecular complexity index is 734. The van der Waals surface area contributed by atoms with Crippen LogP contribution in [-0.2, 0) is 16.9 Å². The number of ether oxygens (including phenoxy) is 1. The number of rotatable bonds is 8. The van der Waals surface area contributed by atoms with Gasteiger partial charge in [-0.05, 0) is 12.1 Å². The van der Waals surface area contributed by atoms with Gasteiger partial charge in [-0.25, -0.2) is 18.4 Å². The molecule has 0 spiro atoms. The van der Waals surface area contributed by atoms with Crippen molar-refractivity contribution in [2.75, 3.05) is 6.61 Å². The first kappa shape index (κ1) is 20.9. The van der Waals surface area contributed by atoms with Crippen molar-refractivity contribution < 1.29 is 27.4 Å². The number of alkyl halides is 4. The summed E-state index contributed by atoms with van der Waals surface area (Å²) >= 11 is 12.0. The molecular weight excluding hydrogens is 401 g/mol. The molecule has 0 radical (unpaired) electrons. The van der Waals surface area contributed by atoms with Crippen molar-refractivity contribution >= 4 is 23.2 Å². The van der Waals surface area contributed by atoms with Crippen LogP contribution in [0.15, 0.2) is 30.9 Å². The van der Waals surface area contributed by atoms with E-state index >= 15 is 0 Å². The van der Waals surface area contributed by atoms with E-state index in [0.717, 1.165) is 0 Å². The minimum Gasteiger partial charge on any atom is -0.383 e. The Morgan fingerprint density at radius 3 is 2.54 bits per heavy atom. The molecule has 2 rings (SSSR count). The zero-order chi connectivity index (χ0) is 19.5. The molecule has 2 unspecified atom stereocenters. The van der Waals surface area contributed by atoms with E-state index in [1.54, 1.807) is 0 Å². The largest absolute Gasteiger partial charge is 0.416 e. The van der Waals surface area contributed by atoms with Crippen LogP contribution >= 0.6 is 23.2 Å². The Balaban J connectivity index is 2.33. The number of hydrogen-bond donors (Lipinski definition) is 1. The standard InChI is InChI=1S/C15H15Cl2F4N3O2/c1-9(5-26-15(20,21)13(18)19)14(25,6-24-8-22-7-23-24)11-3-2-10(16)4-12(11)17/h2-4,7-9,13,25H,5-6H2,1H3. The normalized spacial score (nSPS) is 15.9. The highest BCUT2D eigenvalue weighted by atomic mass is 35.5. The molecule has 1 N–H and O–H groups in total. The molecule has 0 saturated carbocycles. The van der Waals surface area contributed by atoms with Gasteiger partial charge in [-0.15, -0.1) is 0 Å². The van der Waals surface area contributed by atoms with Crippen LogP contribution in [0.3, 0.4) is 0 Å². The molecule has 0 fully saturated rings. The van der Waals surface area contributed by atoms with Crippen LogP contribution in [0.25, 0.3) is 0 Å². The van der Waals surface area contributed by atoms with E-state index in [2.05, 4.69) is 14.8 Å². The molecule has 26 heavy (non-hydrogen) atoms. The van der Waals surface area contributed by atoms with Crippen molar-refractivity contribution in [3.63, 3.8) is 0 Å². The molecule has 5 nitrogen and oxygen atoms in total. The van der Waals surface area contributed by atoms with E-state index in [0.29, 0.717) is 5.02 Å². The summed E-state index contributed by atoms with van der Waals surface area (Å²) in [6, 6.07) is 4.24. The SMILES string of the molecule is CC(COC(F)(F)C(F)F)C(O)(Cn1cncn1)c1ccc(Cl)cc1Cl.